The van der Waals surface area contributed by atoms with Gasteiger partial charge < -0.3 is 14.8 Å². The molecule has 2 amide bonds. The maximum Gasteiger partial charge on any atom is 0.253 e. The number of H-pyrrole nitrogens is 1. The summed E-state index contributed by atoms with van der Waals surface area (Å²) in [6.45, 7) is 6.75. The number of nitrogens with one attached hydrogen (secondary N) is 1. The average Bonchev–Trinajstić information content (AvgIpc) is 3.14. The number of amides is 2. The average molecular weight is 353 g/mol. The molecular formula is C21H27N3O2. The Bertz CT molecular complexity index is 727. The molecule has 1 aliphatic rings. The zero-order chi connectivity index (χ0) is 18.5. The summed E-state index contributed by atoms with van der Waals surface area (Å²) in [5, 5.41) is 0. The molecular weight excluding hydrogens is 326 g/mol. The van der Waals surface area contributed by atoms with Gasteiger partial charge in [-0.15, -0.1) is 0 Å². The lowest BCUT2D eigenvalue weighted by Gasteiger charge is -2.35. The highest BCUT2D eigenvalue weighted by Gasteiger charge is 2.24. The number of nitrogens with zero attached hydrogens (tertiary/aromatic N) is 2. The molecule has 0 atom stereocenters. The van der Waals surface area contributed by atoms with Crippen LogP contribution < -0.4 is 0 Å². The number of carbonyl (C=O) groups excluding carboxylic acids is 2. The van der Waals surface area contributed by atoms with Gasteiger partial charge in [0.25, 0.3) is 5.91 Å². The second kappa shape index (κ2) is 8.21. The van der Waals surface area contributed by atoms with E-state index in [1.54, 1.807) is 0 Å². The number of aromatic amines is 1. The molecule has 1 saturated heterocycles. The Balaban J connectivity index is 1.52. The molecule has 0 bridgehead atoms. The molecule has 5 nitrogen and oxygen atoms in total. The monoisotopic (exact) mass is 353 g/mol. The molecule has 2 aromatic rings. The Morgan fingerprint density at radius 3 is 2.19 bits per heavy atom. The SMILES string of the molecule is CC(C)Cc1ccc(C(=O)N2CCN(C(=O)Cc3cc[nH]c3)CC2)cc1. The Morgan fingerprint density at radius 2 is 1.62 bits per heavy atom. The number of piperazine rings is 1. The van der Waals surface area contributed by atoms with Crippen molar-refractivity contribution in [1.82, 2.24) is 14.8 Å². The lowest BCUT2D eigenvalue weighted by atomic mass is 10.0. The van der Waals surface area contributed by atoms with Gasteiger partial charge in [0.05, 0.1) is 6.42 Å². The van der Waals surface area contributed by atoms with Crippen LogP contribution in [0.4, 0.5) is 0 Å². The van der Waals surface area contributed by atoms with Crippen LogP contribution in [0.3, 0.4) is 0 Å². The van der Waals surface area contributed by atoms with Gasteiger partial charge >= 0.3 is 0 Å². The minimum Gasteiger partial charge on any atom is -0.367 e. The summed E-state index contributed by atoms with van der Waals surface area (Å²) in [7, 11) is 0. The molecule has 3 rings (SSSR count). The molecule has 138 valence electrons. The van der Waals surface area contributed by atoms with Crippen LogP contribution in [-0.2, 0) is 17.6 Å². The predicted octanol–water partition coefficient (Wildman–Crippen LogP) is 2.74. The van der Waals surface area contributed by atoms with E-state index in [-0.39, 0.29) is 11.8 Å². The Morgan fingerprint density at radius 1 is 0.962 bits per heavy atom. The fraction of sp³-hybridized carbons (Fsp3) is 0.429. The van der Waals surface area contributed by atoms with Crippen LogP contribution in [-0.4, -0.2) is 52.8 Å². The largest absolute Gasteiger partial charge is 0.367 e. The first-order valence-electron chi connectivity index (χ1n) is 9.30. The zero-order valence-electron chi connectivity index (χ0n) is 15.6. The van der Waals surface area contributed by atoms with Crippen molar-refractivity contribution >= 4 is 11.8 Å². The van der Waals surface area contributed by atoms with E-state index < -0.39 is 0 Å². The first-order valence-corrected chi connectivity index (χ1v) is 9.30. The van der Waals surface area contributed by atoms with Crippen molar-refractivity contribution in [2.45, 2.75) is 26.7 Å². The third kappa shape index (κ3) is 4.54. The molecule has 1 aliphatic heterocycles. The molecule has 1 aromatic heterocycles. The Labute approximate surface area is 155 Å². The molecule has 26 heavy (non-hydrogen) atoms. The lowest BCUT2D eigenvalue weighted by Crippen LogP contribution is -2.51. The topological polar surface area (TPSA) is 56.4 Å². The van der Waals surface area contributed by atoms with Crippen LogP contribution in [0.5, 0.6) is 0 Å². The second-order valence-electron chi connectivity index (χ2n) is 7.36. The van der Waals surface area contributed by atoms with Crippen LogP contribution in [0.15, 0.2) is 42.7 Å². The molecule has 1 N–H and O–H groups in total. The minimum atomic E-state index is 0.0545. The van der Waals surface area contributed by atoms with Crippen molar-refractivity contribution in [3.8, 4) is 0 Å². The summed E-state index contributed by atoms with van der Waals surface area (Å²) in [6.07, 6.45) is 5.11. The maximum absolute atomic E-state index is 12.7. The van der Waals surface area contributed by atoms with E-state index in [0.29, 0.717) is 38.5 Å². The van der Waals surface area contributed by atoms with Crippen LogP contribution in [0, 0.1) is 5.92 Å². The summed E-state index contributed by atoms with van der Waals surface area (Å²) < 4.78 is 0. The van der Waals surface area contributed by atoms with Gasteiger partial charge in [-0.05, 0) is 41.7 Å². The van der Waals surface area contributed by atoms with Crippen molar-refractivity contribution in [3.63, 3.8) is 0 Å². The van der Waals surface area contributed by atoms with E-state index in [2.05, 4.69) is 18.8 Å². The van der Waals surface area contributed by atoms with Crippen molar-refractivity contribution in [1.29, 1.82) is 0 Å². The zero-order valence-corrected chi connectivity index (χ0v) is 15.6. The molecule has 1 fully saturated rings. The van der Waals surface area contributed by atoms with Gasteiger partial charge in [0, 0.05) is 44.1 Å². The summed E-state index contributed by atoms with van der Waals surface area (Å²) in [6, 6.07) is 9.85. The Hall–Kier alpha value is -2.56. The van der Waals surface area contributed by atoms with Crippen LogP contribution in [0.1, 0.15) is 35.3 Å². The highest BCUT2D eigenvalue weighted by Crippen LogP contribution is 2.13. The molecule has 1 aromatic carbocycles. The van der Waals surface area contributed by atoms with E-state index in [0.717, 1.165) is 17.5 Å². The van der Waals surface area contributed by atoms with Crippen molar-refractivity contribution in [2.24, 2.45) is 5.92 Å². The van der Waals surface area contributed by atoms with Crippen molar-refractivity contribution in [3.05, 3.63) is 59.4 Å². The van der Waals surface area contributed by atoms with E-state index in [1.165, 1.54) is 5.56 Å². The smallest absolute Gasteiger partial charge is 0.253 e. The molecule has 5 heteroatoms. The fourth-order valence-electron chi connectivity index (χ4n) is 3.35. The predicted molar refractivity (Wildman–Crippen MR) is 102 cm³/mol. The number of hydrogen-bond donors (Lipinski definition) is 1. The van der Waals surface area contributed by atoms with Gasteiger partial charge in [-0.2, -0.15) is 0 Å². The number of rotatable bonds is 5. The molecule has 0 unspecified atom stereocenters. The van der Waals surface area contributed by atoms with Gasteiger partial charge in [-0.3, -0.25) is 9.59 Å². The highest BCUT2D eigenvalue weighted by molar-refractivity contribution is 5.94. The van der Waals surface area contributed by atoms with Crippen molar-refractivity contribution < 1.29 is 9.59 Å². The van der Waals surface area contributed by atoms with Gasteiger partial charge in [0.15, 0.2) is 0 Å². The first kappa shape index (κ1) is 18.2. The van der Waals surface area contributed by atoms with Gasteiger partial charge in [-0.1, -0.05) is 26.0 Å². The number of benzene rings is 1. The summed E-state index contributed by atoms with van der Waals surface area (Å²) in [5.74, 6) is 0.780. The normalized spacial score (nSPS) is 14.7. The summed E-state index contributed by atoms with van der Waals surface area (Å²) in [5.41, 5.74) is 2.98. The van der Waals surface area contributed by atoms with E-state index in [1.807, 2.05) is 52.5 Å². The number of carbonyl (C=O) groups is 2. The third-order valence-electron chi connectivity index (χ3n) is 4.78. The second-order valence-corrected chi connectivity index (χ2v) is 7.36. The third-order valence-corrected chi connectivity index (χ3v) is 4.78. The van der Waals surface area contributed by atoms with Crippen LogP contribution in [0.2, 0.25) is 0 Å². The highest BCUT2D eigenvalue weighted by atomic mass is 16.2. The lowest BCUT2D eigenvalue weighted by molar-refractivity contribution is -0.131. The number of aromatic nitrogens is 1. The van der Waals surface area contributed by atoms with E-state index >= 15 is 0 Å². The number of hydrogen-bond acceptors (Lipinski definition) is 2. The van der Waals surface area contributed by atoms with Crippen LogP contribution in [0.25, 0.3) is 0 Å². The first-order chi connectivity index (χ1) is 12.5. The maximum atomic E-state index is 12.7. The molecule has 0 aliphatic carbocycles. The van der Waals surface area contributed by atoms with Crippen LogP contribution >= 0.6 is 0 Å². The van der Waals surface area contributed by atoms with Gasteiger partial charge in [-0.25, -0.2) is 0 Å². The van der Waals surface area contributed by atoms with E-state index in [4.69, 9.17) is 0 Å². The molecule has 0 saturated carbocycles. The van der Waals surface area contributed by atoms with Crippen molar-refractivity contribution in [2.75, 3.05) is 26.2 Å². The molecule has 2 heterocycles. The van der Waals surface area contributed by atoms with Gasteiger partial charge in [0.1, 0.15) is 0 Å². The standard InChI is InChI=1S/C21H27N3O2/c1-16(2)13-17-3-5-19(6-4-17)21(26)24-11-9-23(10-12-24)20(25)14-18-7-8-22-15-18/h3-8,15-16,22H,9-14H2,1-2H3. The summed E-state index contributed by atoms with van der Waals surface area (Å²) >= 11 is 0. The quantitative estimate of drug-likeness (QED) is 0.899. The summed E-state index contributed by atoms with van der Waals surface area (Å²) in [4.78, 5) is 31.7. The molecule has 0 spiro atoms. The minimum absolute atomic E-state index is 0.0545. The molecule has 0 radical (unpaired) electrons. The fourth-order valence-corrected chi connectivity index (χ4v) is 3.35. The van der Waals surface area contributed by atoms with Gasteiger partial charge in [0.2, 0.25) is 5.91 Å². The Kier molecular flexibility index (Phi) is 5.76. The van der Waals surface area contributed by atoms with E-state index in [9.17, 15) is 9.59 Å².